The van der Waals surface area contributed by atoms with Crippen molar-refractivity contribution in [1.29, 1.82) is 0 Å². The molecule has 1 saturated heterocycles. The van der Waals surface area contributed by atoms with Crippen LogP contribution in [0.3, 0.4) is 0 Å². The van der Waals surface area contributed by atoms with E-state index >= 15 is 0 Å². The highest BCUT2D eigenvalue weighted by atomic mass is 16.3. The maximum atomic E-state index is 9.33. The molecule has 1 N–H and O–H groups in total. The van der Waals surface area contributed by atoms with E-state index in [-0.39, 0.29) is 6.61 Å². The van der Waals surface area contributed by atoms with E-state index in [1.54, 1.807) is 6.20 Å². The van der Waals surface area contributed by atoms with Crippen molar-refractivity contribution >= 4 is 5.69 Å². The first-order valence-electron chi connectivity index (χ1n) is 6.51. The molecule has 0 spiro atoms. The van der Waals surface area contributed by atoms with Crippen LogP contribution in [0.15, 0.2) is 18.5 Å². The van der Waals surface area contributed by atoms with Crippen LogP contribution in [-0.2, 0) is 6.61 Å². The highest BCUT2D eigenvalue weighted by Gasteiger charge is 2.22. The van der Waals surface area contributed by atoms with Gasteiger partial charge in [0, 0.05) is 24.8 Å². The molecule has 0 bridgehead atoms. The third-order valence-electron chi connectivity index (χ3n) is 3.88. The zero-order valence-corrected chi connectivity index (χ0v) is 10.8. The van der Waals surface area contributed by atoms with Crippen molar-refractivity contribution in [1.82, 2.24) is 4.98 Å². The van der Waals surface area contributed by atoms with Crippen LogP contribution in [-0.4, -0.2) is 23.2 Å². The largest absolute Gasteiger partial charge is 0.392 e. The summed E-state index contributed by atoms with van der Waals surface area (Å²) < 4.78 is 0. The highest BCUT2D eigenvalue weighted by Crippen LogP contribution is 2.29. The van der Waals surface area contributed by atoms with Crippen molar-refractivity contribution < 1.29 is 5.11 Å². The van der Waals surface area contributed by atoms with Crippen LogP contribution in [0.25, 0.3) is 0 Å². The van der Waals surface area contributed by atoms with Gasteiger partial charge in [-0.1, -0.05) is 13.8 Å². The summed E-state index contributed by atoms with van der Waals surface area (Å²) in [7, 11) is 0. The summed E-state index contributed by atoms with van der Waals surface area (Å²) in [4.78, 5) is 6.53. The average molecular weight is 234 g/mol. The molecule has 17 heavy (non-hydrogen) atoms. The number of pyridine rings is 1. The molecule has 1 fully saturated rings. The Morgan fingerprint density at radius 2 is 2.12 bits per heavy atom. The zero-order chi connectivity index (χ0) is 12.3. The Labute approximate surface area is 103 Å². The minimum Gasteiger partial charge on any atom is -0.392 e. The van der Waals surface area contributed by atoms with E-state index < -0.39 is 0 Å². The molecule has 0 unspecified atom stereocenters. The fraction of sp³-hybridized carbons (Fsp3) is 0.643. The lowest BCUT2D eigenvalue weighted by Gasteiger charge is -2.35. The Morgan fingerprint density at radius 1 is 1.41 bits per heavy atom. The number of rotatable bonds is 3. The van der Waals surface area contributed by atoms with Crippen LogP contribution in [0.4, 0.5) is 5.69 Å². The molecule has 2 heterocycles. The Kier molecular flexibility index (Phi) is 4.00. The minimum absolute atomic E-state index is 0.0992. The molecule has 94 valence electrons. The third-order valence-corrected chi connectivity index (χ3v) is 3.88. The Morgan fingerprint density at radius 3 is 2.71 bits per heavy atom. The first-order chi connectivity index (χ1) is 8.22. The van der Waals surface area contributed by atoms with Crippen LogP contribution >= 0.6 is 0 Å². The third kappa shape index (κ3) is 2.78. The fourth-order valence-corrected chi connectivity index (χ4v) is 2.64. The van der Waals surface area contributed by atoms with Gasteiger partial charge >= 0.3 is 0 Å². The van der Waals surface area contributed by atoms with Crippen molar-refractivity contribution in [2.75, 3.05) is 18.0 Å². The number of hydrogen-bond donors (Lipinski definition) is 1. The number of aromatic nitrogens is 1. The fourth-order valence-electron chi connectivity index (χ4n) is 2.64. The second-order valence-electron chi connectivity index (χ2n) is 5.23. The molecule has 1 aliphatic heterocycles. The summed E-state index contributed by atoms with van der Waals surface area (Å²) in [6, 6.07) is 1.91. The van der Waals surface area contributed by atoms with E-state index in [1.807, 2.05) is 12.3 Å². The van der Waals surface area contributed by atoms with Gasteiger partial charge in [0.1, 0.15) is 0 Å². The predicted octanol–water partition coefficient (Wildman–Crippen LogP) is 2.45. The maximum absolute atomic E-state index is 9.33. The second-order valence-corrected chi connectivity index (χ2v) is 5.23. The van der Waals surface area contributed by atoms with Crippen molar-refractivity contribution in [2.24, 2.45) is 11.8 Å². The van der Waals surface area contributed by atoms with Gasteiger partial charge < -0.3 is 10.0 Å². The van der Waals surface area contributed by atoms with Gasteiger partial charge in [-0.2, -0.15) is 0 Å². The molecule has 1 aliphatic rings. The van der Waals surface area contributed by atoms with Crippen LogP contribution in [0, 0.1) is 11.8 Å². The summed E-state index contributed by atoms with van der Waals surface area (Å²) in [5.74, 6) is 1.63. The molecule has 3 nitrogen and oxygen atoms in total. The van der Waals surface area contributed by atoms with Crippen LogP contribution in [0.2, 0.25) is 0 Å². The van der Waals surface area contributed by atoms with E-state index in [0.29, 0.717) is 0 Å². The highest BCUT2D eigenvalue weighted by molar-refractivity contribution is 5.51. The molecule has 3 heteroatoms. The number of aliphatic hydroxyl groups excluding tert-OH is 1. The molecule has 0 radical (unpaired) electrons. The van der Waals surface area contributed by atoms with Gasteiger partial charge in [-0.25, -0.2) is 0 Å². The Balaban J connectivity index is 2.05. The van der Waals surface area contributed by atoms with Gasteiger partial charge in [0.15, 0.2) is 0 Å². The van der Waals surface area contributed by atoms with E-state index in [1.165, 1.54) is 12.8 Å². The van der Waals surface area contributed by atoms with Crippen molar-refractivity contribution in [2.45, 2.75) is 33.3 Å². The minimum atomic E-state index is 0.0992. The molecule has 0 amide bonds. The average Bonchev–Trinajstić information content (AvgIpc) is 2.39. The molecule has 0 aliphatic carbocycles. The number of hydrogen-bond acceptors (Lipinski definition) is 3. The van der Waals surface area contributed by atoms with E-state index in [9.17, 15) is 5.11 Å². The predicted molar refractivity (Wildman–Crippen MR) is 69.9 cm³/mol. The van der Waals surface area contributed by atoms with E-state index in [4.69, 9.17) is 0 Å². The summed E-state index contributed by atoms with van der Waals surface area (Å²) in [5.41, 5.74) is 2.10. The van der Waals surface area contributed by atoms with Crippen LogP contribution < -0.4 is 4.90 Å². The molecule has 1 aromatic rings. The molecule has 0 atom stereocenters. The van der Waals surface area contributed by atoms with E-state index in [0.717, 1.165) is 36.2 Å². The molecule has 1 aromatic heterocycles. The monoisotopic (exact) mass is 234 g/mol. The molecule has 2 rings (SSSR count). The number of aliphatic hydroxyl groups is 1. The molecular weight excluding hydrogens is 212 g/mol. The SMILES string of the molecule is CC(C)C1CCN(c2cnccc2CO)CC1. The molecule has 0 aromatic carbocycles. The first-order valence-corrected chi connectivity index (χ1v) is 6.51. The molecular formula is C14H22N2O. The van der Waals surface area contributed by atoms with Gasteiger partial charge in [-0.15, -0.1) is 0 Å². The van der Waals surface area contributed by atoms with Gasteiger partial charge in [-0.3, -0.25) is 4.98 Å². The quantitative estimate of drug-likeness (QED) is 0.872. The smallest absolute Gasteiger partial charge is 0.0703 e. The van der Waals surface area contributed by atoms with Crippen LogP contribution in [0.1, 0.15) is 32.3 Å². The zero-order valence-electron chi connectivity index (χ0n) is 10.8. The second kappa shape index (κ2) is 5.50. The summed E-state index contributed by atoms with van der Waals surface area (Å²) in [6.45, 7) is 6.89. The van der Waals surface area contributed by atoms with Gasteiger partial charge in [-0.05, 0) is 30.7 Å². The van der Waals surface area contributed by atoms with E-state index in [2.05, 4.69) is 23.7 Å². The van der Waals surface area contributed by atoms with Crippen molar-refractivity contribution in [3.8, 4) is 0 Å². The Bertz CT molecular complexity index is 357. The molecule has 0 saturated carbocycles. The lowest BCUT2D eigenvalue weighted by atomic mass is 9.86. The summed E-state index contributed by atoms with van der Waals surface area (Å²) >= 11 is 0. The summed E-state index contributed by atoms with van der Waals surface area (Å²) in [6.07, 6.45) is 6.12. The summed E-state index contributed by atoms with van der Waals surface area (Å²) in [5, 5.41) is 9.33. The van der Waals surface area contributed by atoms with Crippen LogP contribution in [0.5, 0.6) is 0 Å². The standard InChI is InChI=1S/C14H22N2O/c1-11(2)12-4-7-16(8-5-12)14-9-15-6-3-13(14)10-17/h3,6,9,11-12,17H,4-5,7-8,10H2,1-2H3. The maximum Gasteiger partial charge on any atom is 0.0703 e. The van der Waals surface area contributed by atoms with Gasteiger partial charge in [0.2, 0.25) is 0 Å². The van der Waals surface area contributed by atoms with Gasteiger partial charge in [0.25, 0.3) is 0 Å². The number of nitrogens with zero attached hydrogens (tertiary/aromatic N) is 2. The topological polar surface area (TPSA) is 36.4 Å². The number of anilines is 1. The van der Waals surface area contributed by atoms with Crippen molar-refractivity contribution in [3.05, 3.63) is 24.0 Å². The van der Waals surface area contributed by atoms with Crippen molar-refractivity contribution in [3.63, 3.8) is 0 Å². The lowest BCUT2D eigenvalue weighted by Crippen LogP contribution is -2.35. The first kappa shape index (κ1) is 12.4. The lowest BCUT2D eigenvalue weighted by molar-refractivity contribution is 0.280. The van der Waals surface area contributed by atoms with Gasteiger partial charge in [0.05, 0.1) is 18.5 Å². The Hall–Kier alpha value is -1.09. The normalized spacial score (nSPS) is 17.8. The number of piperidine rings is 1.